The summed E-state index contributed by atoms with van der Waals surface area (Å²) >= 11 is 0. The van der Waals surface area contributed by atoms with Crippen LogP contribution in [0.15, 0.2) is 53.1 Å². The van der Waals surface area contributed by atoms with Gasteiger partial charge in [-0.15, -0.1) is 0 Å². The van der Waals surface area contributed by atoms with Crippen LogP contribution in [-0.2, 0) is 17.8 Å². The maximum atomic E-state index is 13.9. The average Bonchev–Trinajstić information content (AvgIpc) is 3.30. The highest BCUT2D eigenvalue weighted by Gasteiger charge is 2.17. The molecule has 0 spiro atoms. The Morgan fingerprint density at radius 1 is 1.13 bits per heavy atom. The van der Waals surface area contributed by atoms with Gasteiger partial charge in [-0.05, 0) is 60.9 Å². The Balaban J connectivity index is 1.40. The Bertz CT molecular complexity index is 1110. The largest absolute Gasteiger partial charge is 0.467 e. The van der Waals surface area contributed by atoms with Crippen molar-refractivity contribution in [3.63, 3.8) is 0 Å². The van der Waals surface area contributed by atoms with Gasteiger partial charge >= 0.3 is 0 Å². The molecule has 1 aliphatic rings. The second kappa shape index (κ2) is 9.01. The van der Waals surface area contributed by atoms with Crippen LogP contribution in [0.1, 0.15) is 37.6 Å². The Labute approximate surface area is 178 Å². The maximum absolute atomic E-state index is 13.9. The first-order chi connectivity index (χ1) is 15.0. The quantitative estimate of drug-likeness (QED) is 0.628. The standard InChI is InChI=1S/C23H21FN2O5/c1-14-4-5-16(11-19(14)26-23(28)20-3-2-8-30-20)22(27)25-7-6-15-9-18(24)10-17-12-29-13-31-21(15)17/h2-5,8-11H,6-7,12-13H2,1H3,(H,25,27)(H,26,28). The van der Waals surface area contributed by atoms with Crippen LogP contribution in [0.4, 0.5) is 10.1 Å². The van der Waals surface area contributed by atoms with Crippen molar-refractivity contribution in [3.8, 4) is 5.75 Å². The molecule has 1 aromatic heterocycles. The van der Waals surface area contributed by atoms with Crippen LogP contribution in [-0.4, -0.2) is 25.2 Å². The maximum Gasteiger partial charge on any atom is 0.291 e. The molecule has 0 saturated carbocycles. The van der Waals surface area contributed by atoms with E-state index < -0.39 is 5.91 Å². The first-order valence-electron chi connectivity index (χ1n) is 9.77. The summed E-state index contributed by atoms with van der Waals surface area (Å²) in [6.45, 7) is 2.54. The van der Waals surface area contributed by atoms with Crippen molar-refractivity contribution in [3.05, 3.63) is 82.6 Å². The molecule has 3 aromatic rings. The molecule has 1 aliphatic heterocycles. The van der Waals surface area contributed by atoms with E-state index in [-0.39, 0.29) is 24.3 Å². The summed E-state index contributed by atoms with van der Waals surface area (Å²) in [5.74, 6) is -0.279. The van der Waals surface area contributed by atoms with Gasteiger partial charge in [-0.3, -0.25) is 9.59 Å². The first kappa shape index (κ1) is 20.6. The molecule has 2 N–H and O–H groups in total. The SMILES string of the molecule is Cc1ccc(C(=O)NCCc2cc(F)cc3c2OCOC3)cc1NC(=O)c1ccco1. The second-order valence-electron chi connectivity index (χ2n) is 7.13. The van der Waals surface area contributed by atoms with Gasteiger partial charge in [0.2, 0.25) is 0 Å². The zero-order valence-electron chi connectivity index (χ0n) is 16.9. The minimum absolute atomic E-state index is 0.119. The lowest BCUT2D eigenvalue weighted by atomic mass is 10.0. The number of carbonyl (C=O) groups is 2. The predicted octanol–water partition coefficient (Wildman–Crippen LogP) is 3.82. The zero-order chi connectivity index (χ0) is 21.8. The highest BCUT2D eigenvalue weighted by Crippen LogP contribution is 2.29. The van der Waals surface area contributed by atoms with Gasteiger partial charge in [0.1, 0.15) is 11.6 Å². The Kier molecular flexibility index (Phi) is 5.99. The molecule has 0 radical (unpaired) electrons. The number of hydrogen-bond acceptors (Lipinski definition) is 5. The van der Waals surface area contributed by atoms with Gasteiger partial charge in [-0.1, -0.05) is 6.07 Å². The third kappa shape index (κ3) is 4.75. The van der Waals surface area contributed by atoms with Crippen LogP contribution in [0.2, 0.25) is 0 Å². The van der Waals surface area contributed by atoms with Gasteiger partial charge < -0.3 is 24.5 Å². The van der Waals surface area contributed by atoms with Crippen LogP contribution in [0, 0.1) is 12.7 Å². The van der Waals surface area contributed by atoms with Gasteiger partial charge in [0, 0.05) is 23.4 Å². The number of amides is 2. The number of furan rings is 1. The van der Waals surface area contributed by atoms with Crippen molar-refractivity contribution in [2.45, 2.75) is 20.0 Å². The molecule has 8 heteroatoms. The van der Waals surface area contributed by atoms with E-state index in [9.17, 15) is 14.0 Å². The molecule has 2 aromatic carbocycles. The normalized spacial score (nSPS) is 12.6. The van der Waals surface area contributed by atoms with Gasteiger partial charge in [-0.25, -0.2) is 4.39 Å². The third-order valence-electron chi connectivity index (χ3n) is 4.92. The van der Waals surface area contributed by atoms with E-state index in [0.717, 1.165) is 5.56 Å². The molecule has 2 heterocycles. The van der Waals surface area contributed by atoms with Gasteiger partial charge in [0.25, 0.3) is 11.8 Å². The van der Waals surface area contributed by atoms with Crippen molar-refractivity contribution in [2.24, 2.45) is 0 Å². The van der Waals surface area contributed by atoms with Crippen molar-refractivity contribution in [2.75, 3.05) is 18.7 Å². The van der Waals surface area contributed by atoms with Crippen molar-refractivity contribution in [1.29, 1.82) is 0 Å². The molecule has 0 atom stereocenters. The van der Waals surface area contributed by atoms with Crippen molar-refractivity contribution in [1.82, 2.24) is 5.32 Å². The van der Waals surface area contributed by atoms with Gasteiger partial charge in [-0.2, -0.15) is 0 Å². The molecular formula is C23H21FN2O5. The summed E-state index contributed by atoms with van der Waals surface area (Å²) in [5, 5.41) is 5.57. The molecule has 31 heavy (non-hydrogen) atoms. The molecule has 0 unspecified atom stereocenters. The fourth-order valence-corrected chi connectivity index (χ4v) is 3.34. The Hall–Kier alpha value is -3.65. The van der Waals surface area contributed by atoms with Crippen LogP contribution < -0.4 is 15.4 Å². The van der Waals surface area contributed by atoms with E-state index in [2.05, 4.69) is 10.6 Å². The van der Waals surface area contributed by atoms with E-state index in [1.165, 1.54) is 18.4 Å². The average molecular weight is 424 g/mol. The Morgan fingerprint density at radius 2 is 2.00 bits per heavy atom. The number of fused-ring (bicyclic) bond motifs is 1. The summed E-state index contributed by atoms with van der Waals surface area (Å²) < 4.78 is 29.6. The van der Waals surface area contributed by atoms with Crippen molar-refractivity contribution >= 4 is 17.5 Å². The summed E-state index contributed by atoms with van der Waals surface area (Å²) in [6, 6.07) is 11.0. The molecular weight excluding hydrogens is 403 g/mol. The smallest absolute Gasteiger partial charge is 0.291 e. The number of halogens is 1. The molecule has 0 fully saturated rings. The molecule has 4 rings (SSSR count). The van der Waals surface area contributed by atoms with Gasteiger partial charge in [0.15, 0.2) is 12.6 Å². The summed E-state index contributed by atoms with van der Waals surface area (Å²) in [4.78, 5) is 24.8. The minimum Gasteiger partial charge on any atom is -0.467 e. The monoisotopic (exact) mass is 424 g/mol. The number of ether oxygens (including phenoxy) is 2. The number of carbonyl (C=O) groups excluding carboxylic acids is 2. The highest BCUT2D eigenvalue weighted by atomic mass is 19.1. The number of benzene rings is 2. The number of anilines is 1. The number of nitrogens with one attached hydrogen (secondary N) is 2. The molecule has 0 saturated heterocycles. The zero-order valence-corrected chi connectivity index (χ0v) is 16.9. The van der Waals surface area contributed by atoms with Crippen LogP contribution in [0.3, 0.4) is 0 Å². The van der Waals surface area contributed by atoms with Crippen LogP contribution >= 0.6 is 0 Å². The van der Waals surface area contributed by atoms with Crippen LogP contribution in [0.25, 0.3) is 0 Å². The van der Waals surface area contributed by atoms with Crippen LogP contribution in [0.5, 0.6) is 5.75 Å². The first-order valence-corrected chi connectivity index (χ1v) is 9.77. The van der Waals surface area contributed by atoms with Crippen molar-refractivity contribution < 1.29 is 27.9 Å². The number of rotatable bonds is 6. The number of aryl methyl sites for hydroxylation is 1. The minimum atomic E-state index is -0.398. The lowest BCUT2D eigenvalue weighted by Crippen LogP contribution is -2.26. The van der Waals surface area contributed by atoms with E-state index in [1.54, 1.807) is 30.3 Å². The van der Waals surface area contributed by atoms with E-state index in [0.29, 0.717) is 47.7 Å². The molecule has 0 aliphatic carbocycles. The third-order valence-corrected chi connectivity index (χ3v) is 4.92. The fraction of sp³-hybridized carbons (Fsp3) is 0.217. The molecule has 0 bridgehead atoms. The molecule has 160 valence electrons. The second-order valence-corrected chi connectivity index (χ2v) is 7.13. The topological polar surface area (TPSA) is 89.8 Å². The summed E-state index contributed by atoms with van der Waals surface area (Å²) in [7, 11) is 0. The summed E-state index contributed by atoms with van der Waals surface area (Å²) in [5.41, 5.74) is 3.05. The highest BCUT2D eigenvalue weighted by molar-refractivity contribution is 6.03. The lowest BCUT2D eigenvalue weighted by Gasteiger charge is -2.21. The summed E-state index contributed by atoms with van der Waals surface area (Å²) in [6.07, 6.45) is 1.82. The molecule has 2 amide bonds. The molecule has 7 nitrogen and oxygen atoms in total. The fourth-order valence-electron chi connectivity index (χ4n) is 3.34. The van der Waals surface area contributed by atoms with Gasteiger partial charge in [0.05, 0.1) is 12.9 Å². The lowest BCUT2D eigenvalue weighted by molar-refractivity contribution is -0.0172. The van der Waals surface area contributed by atoms with E-state index in [4.69, 9.17) is 13.9 Å². The van der Waals surface area contributed by atoms with E-state index in [1.807, 2.05) is 6.92 Å². The predicted molar refractivity (Wildman–Crippen MR) is 111 cm³/mol. The van der Waals surface area contributed by atoms with E-state index >= 15 is 0 Å². The number of hydrogen-bond donors (Lipinski definition) is 2. The Morgan fingerprint density at radius 3 is 2.81 bits per heavy atom.